The van der Waals surface area contributed by atoms with Gasteiger partial charge in [-0.1, -0.05) is 53.5 Å². The van der Waals surface area contributed by atoms with E-state index in [-0.39, 0.29) is 16.5 Å². The van der Waals surface area contributed by atoms with Gasteiger partial charge in [-0.2, -0.15) is 12.6 Å². The van der Waals surface area contributed by atoms with Gasteiger partial charge < -0.3 is 9.80 Å². The van der Waals surface area contributed by atoms with Crippen molar-refractivity contribution in [3.63, 3.8) is 0 Å². The lowest BCUT2D eigenvalue weighted by Crippen LogP contribution is -2.74. The summed E-state index contributed by atoms with van der Waals surface area (Å²) in [6.45, 7) is 26.9. The van der Waals surface area contributed by atoms with Crippen molar-refractivity contribution in [3.8, 4) is 0 Å². The number of nitrogens with zero attached hydrogens (tertiary/aromatic N) is 2. The Labute approximate surface area is 262 Å². The molecule has 3 nitrogen and oxygen atoms in total. The van der Waals surface area contributed by atoms with E-state index in [2.05, 4.69) is 114 Å². The molecule has 0 saturated heterocycles. The van der Waals surface area contributed by atoms with Crippen molar-refractivity contribution in [2.45, 2.75) is 124 Å². The molecule has 5 rings (SSSR count). The maximum Gasteiger partial charge on any atom is 0.213 e. The third-order valence-corrected chi connectivity index (χ3v) is 10.8. The van der Waals surface area contributed by atoms with Gasteiger partial charge in [-0.3, -0.25) is 0 Å². The molecule has 2 heterocycles. The van der Waals surface area contributed by atoms with Crippen LogP contribution in [0.5, 0.6) is 0 Å². The normalized spacial score (nSPS) is 22.3. The highest BCUT2D eigenvalue weighted by molar-refractivity contribution is 7.80. The van der Waals surface area contributed by atoms with E-state index in [1.165, 1.54) is 88.1 Å². The van der Waals surface area contributed by atoms with Crippen molar-refractivity contribution in [1.82, 2.24) is 0 Å². The fourth-order valence-electron chi connectivity index (χ4n) is 8.26. The number of rotatable bonds is 8. The van der Waals surface area contributed by atoms with Gasteiger partial charge in [-0.15, -0.1) is 0 Å². The number of fused-ring (bicyclic) bond motifs is 4. The first kappa shape index (κ1) is 31.2. The van der Waals surface area contributed by atoms with E-state index in [0.29, 0.717) is 5.92 Å². The SMILES string of the molecule is CCCC[NH+]=C1c2cc3c(cc2C(C)(C)c2cc4c(cc21)C(C)CC(C)(C)N4CCCC)N(CC)C(C)(C)C=C3CS. The molecule has 228 valence electrons. The van der Waals surface area contributed by atoms with Gasteiger partial charge >= 0.3 is 0 Å². The van der Waals surface area contributed by atoms with Gasteiger partial charge in [0.05, 0.1) is 16.7 Å². The lowest BCUT2D eigenvalue weighted by molar-refractivity contribution is -0.456. The quantitative estimate of drug-likeness (QED) is 0.243. The average Bonchev–Trinajstić information content (AvgIpc) is 2.92. The number of hydrogen-bond acceptors (Lipinski definition) is 3. The van der Waals surface area contributed by atoms with Crippen molar-refractivity contribution < 1.29 is 4.99 Å². The second kappa shape index (κ2) is 11.4. The largest absolute Gasteiger partial charge is 0.366 e. The molecule has 0 saturated carbocycles. The number of nitrogens with one attached hydrogen (secondary N) is 1. The maximum absolute atomic E-state index is 4.82. The van der Waals surface area contributed by atoms with E-state index >= 15 is 0 Å². The zero-order valence-electron chi connectivity index (χ0n) is 28.2. The summed E-state index contributed by atoms with van der Waals surface area (Å²) < 4.78 is 0. The fourth-order valence-corrected chi connectivity index (χ4v) is 8.52. The molecule has 0 amide bonds. The molecule has 2 aromatic carbocycles. The van der Waals surface area contributed by atoms with E-state index in [4.69, 9.17) is 12.6 Å². The molecular formula is C38H56N3S+. The molecule has 0 fully saturated rings. The van der Waals surface area contributed by atoms with E-state index in [1.54, 1.807) is 0 Å². The summed E-state index contributed by atoms with van der Waals surface area (Å²) in [6, 6.07) is 10.2. The van der Waals surface area contributed by atoms with Gasteiger partial charge in [0.2, 0.25) is 5.71 Å². The van der Waals surface area contributed by atoms with Crippen LogP contribution in [0.4, 0.5) is 11.4 Å². The predicted octanol–water partition coefficient (Wildman–Crippen LogP) is 7.87. The molecule has 1 N–H and O–H groups in total. The van der Waals surface area contributed by atoms with Crippen molar-refractivity contribution in [2.75, 3.05) is 35.2 Å². The van der Waals surface area contributed by atoms with Crippen LogP contribution in [-0.4, -0.2) is 42.2 Å². The smallest absolute Gasteiger partial charge is 0.213 e. The molecule has 0 aromatic heterocycles. The first-order valence-electron chi connectivity index (χ1n) is 16.7. The second-order valence-corrected chi connectivity index (χ2v) is 15.1. The van der Waals surface area contributed by atoms with Gasteiger partial charge in [0, 0.05) is 53.2 Å². The minimum atomic E-state index is -0.127. The number of hydrogen-bond donors (Lipinski definition) is 2. The molecular weight excluding hydrogens is 531 g/mol. The summed E-state index contributed by atoms with van der Waals surface area (Å²) >= 11 is 4.82. The highest BCUT2D eigenvalue weighted by Crippen LogP contribution is 2.51. The topological polar surface area (TPSA) is 20.5 Å². The number of likely N-dealkylation sites (N-methyl/N-ethyl adjacent to an activating group) is 1. The summed E-state index contributed by atoms with van der Waals surface area (Å²) in [7, 11) is 0. The number of unbranched alkanes of at least 4 members (excludes halogenated alkanes) is 2. The van der Waals surface area contributed by atoms with Crippen LogP contribution in [0.15, 0.2) is 30.3 Å². The van der Waals surface area contributed by atoms with Crippen LogP contribution >= 0.6 is 12.6 Å². The van der Waals surface area contributed by atoms with Crippen molar-refractivity contribution >= 4 is 35.3 Å². The van der Waals surface area contributed by atoms with Crippen LogP contribution < -0.4 is 14.8 Å². The third-order valence-electron chi connectivity index (χ3n) is 10.5. The molecule has 0 bridgehead atoms. The molecule has 2 aromatic rings. The molecule has 1 unspecified atom stereocenters. The summed E-state index contributed by atoms with van der Waals surface area (Å²) in [4.78, 5) is 9.30. The average molecular weight is 587 g/mol. The fraction of sp³-hybridized carbons (Fsp3) is 0.605. The van der Waals surface area contributed by atoms with Crippen LogP contribution in [-0.2, 0) is 5.41 Å². The Hall–Kier alpha value is -2.20. The minimum Gasteiger partial charge on any atom is -0.366 e. The molecule has 3 aliphatic rings. The summed E-state index contributed by atoms with van der Waals surface area (Å²) in [5.74, 6) is 1.28. The van der Waals surface area contributed by atoms with Crippen LogP contribution in [0, 0.1) is 0 Å². The highest BCUT2D eigenvalue weighted by Gasteiger charge is 2.44. The lowest BCUT2D eigenvalue weighted by atomic mass is 9.65. The predicted molar refractivity (Wildman–Crippen MR) is 187 cm³/mol. The third kappa shape index (κ3) is 5.04. The summed E-state index contributed by atoms with van der Waals surface area (Å²) in [5, 5.41) is 0. The molecule has 0 spiro atoms. The molecule has 2 aliphatic heterocycles. The Balaban J connectivity index is 1.79. The van der Waals surface area contributed by atoms with Crippen LogP contribution in [0.3, 0.4) is 0 Å². The molecule has 1 aliphatic carbocycles. The highest BCUT2D eigenvalue weighted by atomic mass is 32.1. The zero-order valence-corrected chi connectivity index (χ0v) is 29.1. The van der Waals surface area contributed by atoms with Crippen molar-refractivity contribution in [3.05, 3.63) is 63.7 Å². The molecule has 42 heavy (non-hydrogen) atoms. The first-order chi connectivity index (χ1) is 19.8. The van der Waals surface area contributed by atoms with Crippen molar-refractivity contribution in [1.29, 1.82) is 0 Å². The van der Waals surface area contributed by atoms with Gasteiger partial charge in [0.25, 0.3) is 0 Å². The minimum absolute atomic E-state index is 0.0444. The standard InChI is InChI=1S/C38H55N3S/c1-11-14-16-39-35-29-18-27-25(4)22-36(5,6)41(17-15-12-2)33(27)20-31(29)38(9,10)32-21-34-28(19-30(32)35)26(24-42)23-37(7,8)40(34)13-3/h18-21,23,25,42H,11-17,22,24H2,1-10H3/p+1. The van der Waals surface area contributed by atoms with E-state index in [0.717, 1.165) is 25.4 Å². The monoisotopic (exact) mass is 586 g/mol. The maximum atomic E-state index is 4.82. The molecule has 4 heteroatoms. The van der Waals surface area contributed by atoms with Gasteiger partial charge in [-0.25, -0.2) is 4.99 Å². The second-order valence-electron chi connectivity index (χ2n) is 14.8. The van der Waals surface area contributed by atoms with Crippen LogP contribution in [0.2, 0.25) is 0 Å². The van der Waals surface area contributed by atoms with Crippen LogP contribution in [0.1, 0.15) is 141 Å². The molecule has 1 atom stereocenters. The Bertz CT molecular complexity index is 1410. The summed E-state index contributed by atoms with van der Waals surface area (Å²) in [5.41, 5.74) is 14.0. The first-order valence-corrected chi connectivity index (χ1v) is 17.3. The van der Waals surface area contributed by atoms with Gasteiger partial charge in [-0.05, 0) is 99.9 Å². The van der Waals surface area contributed by atoms with Gasteiger partial charge in [0.15, 0.2) is 0 Å². The van der Waals surface area contributed by atoms with E-state index in [9.17, 15) is 0 Å². The Morgan fingerprint density at radius 1 is 0.833 bits per heavy atom. The zero-order chi connectivity index (χ0) is 30.6. The Morgan fingerprint density at radius 3 is 2.10 bits per heavy atom. The lowest BCUT2D eigenvalue weighted by Gasteiger charge is -2.49. The summed E-state index contributed by atoms with van der Waals surface area (Å²) in [6.07, 6.45) is 8.43. The molecule has 0 radical (unpaired) electrons. The number of anilines is 2. The van der Waals surface area contributed by atoms with Gasteiger partial charge in [0.1, 0.15) is 6.54 Å². The van der Waals surface area contributed by atoms with Crippen LogP contribution in [0.25, 0.3) is 5.57 Å². The Kier molecular flexibility index (Phi) is 8.46. The van der Waals surface area contributed by atoms with E-state index in [1.807, 2.05) is 0 Å². The van der Waals surface area contributed by atoms with Crippen molar-refractivity contribution in [2.24, 2.45) is 0 Å². The number of benzene rings is 2. The number of thiol groups is 1. The van der Waals surface area contributed by atoms with E-state index < -0.39 is 0 Å². The Morgan fingerprint density at radius 2 is 1.48 bits per heavy atom.